The molecule has 1 aliphatic heterocycles. The highest BCUT2D eigenvalue weighted by atomic mass is 79.9. The summed E-state index contributed by atoms with van der Waals surface area (Å²) >= 11 is 3.62. The number of hydrogen-bond acceptors (Lipinski definition) is 5. The lowest BCUT2D eigenvalue weighted by atomic mass is 9.93. The van der Waals surface area contributed by atoms with Crippen molar-refractivity contribution in [1.29, 1.82) is 0 Å². The molecule has 7 heteroatoms. The van der Waals surface area contributed by atoms with Gasteiger partial charge in [0.1, 0.15) is 5.82 Å². The van der Waals surface area contributed by atoms with Gasteiger partial charge >= 0.3 is 0 Å². The van der Waals surface area contributed by atoms with Crippen molar-refractivity contribution in [3.63, 3.8) is 0 Å². The van der Waals surface area contributed by atoms with Gasteiger partial charge in [-0.15, -0.1) is 0 Å². The van der Waals surface area contributed by atoms with Gasteiger partial charge in [0.25, 0.3) is 0 Å². The highest BCUT2D eigenvalue weighted by Crippen LogP contribution is 2.31. The van der Waals surface area contributed by atoms with E-state index in [0.29, 0.717) is 18.5 Å². The van der Waals surface area contributed by atoms with E-state index in [1.807, 2.05) is 23.0 Å². The molecule has 1 fully saturated rings. The molecule has 1 aliphatic rings. The summed E-state index contributed by atoms with van der Waals surface area (Å²) in [5.41, 5.74) is 3.16. The van der Waals surface area contributed by atoms with Crippen molar-refractivity contribution < 1.29 is 0 Å². The lowest BCUT2D eigenvalue weighted by Gasteiger charge is -2.36. The fraction of sp³-hybridized carbons (Fsp3) is 0.500. The van der Waals surface area contributed by atoms with E-state index in [-0.39, 0.29) is 0 Å². The van der Waals surface area contributed by atoms with Crippen LogP contribution in [0.2, 0.25) is 0 Å². The van der Waals surface area contributed by atoms with Crippen LogP contribution in [0.15, 0.2) is 41.3 Å². The zero-order chi connectivity index (χ0) is 20.2. The summed E-state index contributed by atoms with van der Waals surface area (Å²) in [5, 5.41) is 8.04. The molecule has 0 saturated carbocycles. The molecule has 4 heterocycles. The van der Waals surface area contributed by atoms with Gasteiger partial charge in [-0.25, -0.2) is 4.98 Å². The minimum Gasteiger partial charge on any atom is -0.366 e. The minimum absolute atomic E-state index is 0.453. The maximum atomic E-state index is 4.99. The van der Waals surface area contributed by atoms with E-state index in [1.165, 1.54) is 32.2 Å². The Bertz CT molecular complexity index is 941. The lowest BCUT2D eigenvalue weighted by Crippen LogP contribution is -2.40. The first kappa shape index (κ1) is 20.3. The summed E-state index contributed by atoms with van der Waals surface area (Å²) in [6, 6.07) is 6.85. The zero-order valence-electron chi connectivity index (χ0n) is 17.2. The van der Waals surface area contributed by atoms with Gasteiger partial charge in [0.2, 0.25) is 0 Å². The summed E-state index contributed by atoms with van der Waals surface area (Å²) in [6.45, 7) is 7.61. The second kappa shape index (κ2) is 9.22. The van der Waals surface area contributed by atoms with E-state index in [2.05, 4.69) is 62.2 Å². The van der Waals surface area contributed by atoms with Crippen LogP contribution in [0.3, 0.4) is 0 Å². The van der Waals surface area contributed by atoms with E-state index in [9.17, 15) is 0 Å². The third-order valence-electron chi connectivity index (χ3n) is 5.85. The Kier molecular flexibility index (Phi) is 6.45. The number of nitrogens with one attached hydrogen (secondary N) is 1. The number of hydrogen-bond donors (Lipinski definition) is 1. The quantitative estimate of drug-likeness (QED) is 0.549. The third kappa shape index (κ3) is 4.61. The molecular weight excluding hydrogens is 428 g/mol. The second-order valence-electron chi connectivity index (χ2n) is 7.98. The molecule has 29 heavy (non-hydrogen) atoms. The van der Waals surface area contributed by atoms with Crippen LogP contribution in [0.25, 0.3) is 5.65 Å². The summed E-state index contributed by atoms with van der Waals surface area (Å²) < 4.78 is 2.81. The van der Waals surface area contributed by atoms with Gasteiger partial charge in [-0.05, 0) is 60.3 Å². The molecule has 2 unspecified atom stereocenters. The lowest BCUT2D eigenvalue weighted by molar-refractivity contribution is 0.149. The molecule has 1 N–H and O–H groups in total. The topological polar surface area (TPSA) is 58.4 Å². The number of likely N-dealkylation sites (tertiary alicyclic amines) is 1. The Balaban J connectivity index is 1.60. The number of halogens is 1. The number of nitrogens with zero attached hydrogens (tertiary/aromatic N) is 5. The average Bonchev–Trinajstić information content (AvgIpc) is 3.14. The number of anilines is 1. The van der Waals surface area contributed by atoms with Crippen molar-refractivity contribution in [2.75, 3.05) is 18.4 Å². The molecule has 0 aliphatic carbocycles. The first-order valence-corrected chi connectivity index (χ1v) is 11.4. The van der Waals surface area contributed by atoms with Gasteiger partial charge < -0.3 is 5.32 Å². The van der Waals surface area contributed by atoms with Crippen molar-refractivity contribution in [2.24, 2.45) is 0 Å². The number of piperidine rings is 1. The Morgan fingerprint density at radius 1 is 1.34 bits per heavy atom. The van der Waals surface area contributed by atoms with E-state index in [1.54, 1.807) is 6.20 Å². The fourth-order valence-corrected chi connectivity index (χ4v) is 4.58. The molecule has 6 nitrogen and oxygen atoms in total. The Morgan fingerprint density at radius 3 is 3.03 bits per heavy atom. The minimum atomic E-state index is 0.453. The largest absolute Gasteiger partial charge is 0.366 e. The Morgan fingerprint density at radius 2 is 2.24 bits per heavy atom. The highest BCUT2D eigenvalue weighted by molar-refractivity contribution is 9.10. The van der Waals surface area contributed by atoms with Crippen LogP contribution < -0.4 is 5.32 Å². The smallest absolute Gasteiger partial charge is 0.171 e. The van der Waals surface area contributed by atoms with Crippen molar-refractivity contribution >= 4 is 27.4 Å². The molecule has 0 radical (unpaired) electrons. The Hall–Kier alpha value is -1.99. The molecule has 0 amide bonds. The maximum absolute atomic E-state index is 4.99. The third-order valence-corrected chi connectivity index (χ3v) is 6.41. The number of fused-ring (bicyclic) bond motifs is 1. The molecule has 154 valence electrons. The van der Waals surface area contributed by atoms with Crippen LogP contribution in [0.5, 0.6) is 0 Å². The van der Waals surface area contributed by atoms with Gasteiger partial charge in [0, 0.05) is 43.5 Å². The first-order chi connectivity index (χ1) is 14.2. The normalized spacial score (nSPS) is 18.8. The molecule has 3 aromatic heterocycles. The van der Waals surface area contributed by atoms with E-state index in [4.69, 9.17) is 4.98 Å². The summed E-state index contributed by atoms with van der Waals surface area (Å²) in [6.07, 6.45) is 10.4. The summed E-state index contributed by atoms with van der Waals surface area (Å²) in [4.78, 5) is 11.8. The number of rotatable bonds is 7. The van der Waals surface area contributed by atoms with Gasteiger partial charge in [0.05, 0.1) is 16.4 Å². The number of pyridine rings is 1. The predicted molar refractivity (Wildman–Crippen MR) is 120 cm³/mol. The standard InChI is InChI=1S/C22H29BrN6/c1-3-6-16(2)28-10-5-8-18(15-28)20-11-21(25-13-17-7-4-9-24-12-17)29-22(27-20)19(23)14-26-29/h4,7,9,11-12,14,16,18,25H,3,5-6,8,10,13,15H2,1-2H3. The van der Waals surface area contributed by atoms with Gasteiger partial charge in [-0.1, -0.05) is 19.4 Å². The van der Waals surface area contributed by atoms with Crippen LogP contribution in [-0.4, -0.2) is 43.6 Å². The van der Waals surface area contributed by atoms with Gasteiger partial charge in [-0.3, -0.25) is 9.88 Å². The van der Waals surface area contributed by atoms with Crippen molar-refractivity contribution in [2.45, 2.75) is 58.0 Å². The summed E-state index contributed by atoms with van der Waals surface area (Å²) in [7, 11) is 0. The van der Waals surface area contributed by atoms with Crippen LogP contribution in [-0.2, 0) is 6.54 Å². The van der Waals surface area contributed by atoms with Gasteiger partial charge in [0.15, 0.2) is 5.65 Å². The SMILES string of the molecule is CCCC(C)N1CCCC(c2cc(NCc3cccnc3)n3ncc(Br)c3n2)C1. The average molecular weight is 457 g/mol. The number of aromatic nitrogens is 4. The van der Waals surface area contributed by atoms with Crippen LogP contribution in [0.4, 0.5) is 5.82 Å². The molecule has 4 rings (SSSR count). The van der Waals surface area contributed by atoms with Crippen LogP contribution in [0.1, 0.15) is 56.7 Å². The molecule has 0 aromatic carbocycles. The molecule has 0 spiro atoms. The molecule has 0 bridgehead atoms. The van der Waals surface area contributed by atoms with E-state index >= 15 is 0 Å². The molecular formula is C22H29BrN6. The van der Waals surface area contributed by atoms with Crippen molar-refractivity contribution in [3.8, 4) is 0 Å². The summed E-state index contributed by atoms with van der Waals surface area (Å²) in [5.74, 6) is 1.42. The molecule has 1 saturated heterocycles. The predicted octanol–water partition coefficient (Wildman–Crippen LogP) is 4.87. The fourth-order valence-electron chi connectivity index (χ4n) is 4.23. The first-order valence-electron chi connectivity index (χ1n) is 10.6. The van der Waals surface area contributed by atoms with E-state index in [0.717, 1.165) is 33.7 Å². The van der Waals surface area contributed by atoms with Crippen molar-refractivity contribution in [1.82, 2.24) is 24.5 Å². The van der Waals surface area contributed by atoms with Crippen LogP contribution >= 0.6 is 15.9 Å². The van der Waals surface area contributed by atoms with E-state index < -0.39 is 0 Å². The van der Waals surface area contributed by atoms with Crippen molar-refractivity contribution in [3.05, 3.63) is 52.5 Å². The van der Waals surface area contributed by atoms with Gasteiger partial charge in [-0.2, -0.15) is 9.61 Å². The monoisotopic (exact) mass is 456 g/mol. The zero-order valence-corrected chi connectivity index (χ0v) is 18.8. The maximum Gasteiger partial charge on any atom is 0.171 e. The molecule has 3 aromatic rings. The second-order valence-corrected chi connectivity index (χ2v) is 8.84. The van der Waals surface area contributed by atoms with Crippen LogP contribution in [0, 0.1) is 0 Å². The Labute approximate surface area is 180 Å². The molecule has 2 atom stereocenters. The highest BCUT2D eigenvalue weighted by Gasteiger charge is 2.26.